The number of alkyl halides is 2. The van der Waals surface area contributed by atoms with Crippen molar-refractivity contribution in [3.63, 3.8) is 0 Å². The van der Waals surface area contributed by atoms with Crippen LogP contribution in [0.15, 0.2) is 0 Å². The summed E-state index contributed by atoms with van der Waals surface area (Å²) in [4.78, 5) is 8.85. The van der Waals surface area contributed by atoms with Crippen molar-refractivity contribution >= 4 is 21.6 Å². The molecule has 0 aliphatic carbocycles. The lowest BCUT2D eigenvalue weighted by molar-refractivity contribution is -0.912. The van der Waals surface area contributed by atoms with Crippen molar-refractivity contribution in [1.82, 2.24) is 0 Å². The zero-order chi connectivity index (χ0) is 44.6. The average molecular weight is 890 g/mol. The first-order valence-electron chi connectivity index (χ1n) is 21.9. The Morgan fingerprint density at radius 3 is 1.15 bits per heavy atom. The van der Waals surface area contributed by atoms with Gasteiger partial charge in [-0.25, -0.2) is 17.2 Å². The third-order valence-electron chi connectivity index (χ3n) is 10.9. The highest BCUT2D eigenvalue weighted by atomic mass is 32.2. The van der Waals surface area contributed by atoms with Crippen molar-refractivity contribution in [2.24, 2.45) is 0 Å². The van der Waals surface area contributed by atoms with E-state index in [0.717, 1.165) is 75.5 Å². The van der Waals surface area contributed by atoms with Crippen LogP contribution in [0.3, 0.4) is 0 Å². The maximum Gasteiger partial charge on any atom is 0.258 e. The van der Waals surface area contributed by atoms with Gasteiger partial charge in [-0.05, 0) is 41.5 Å². The minimum absolute atomic E-state index is 0.00579. The van der Waals surface area contributed by atoms with Gasteiger partial charge in [0.15, 0.2) is 9.84 Å². The molecule has 0 aromatic carbocycles. The molecular formula is C42H89F2N7O6S2. The molecule has 354 valence electrons. The number of thioether (sulfide) groups is 1. The smallest absolute Gasteiger partial charge is 0.258 e. The van der Waals surface area contributed by atoms with Gasteiger partial charge in [0.05, 0.1) is 141 Å². The van der Waals surface area contributed by atoms with E-state index in [1.165, 1.54) is 49.1 Å². The number of likely N-dealkylation sites (tertiary alicyclic amines) is 1. The Balaban J connectivity index is 0.000000345. The van der Waals surface area contributed by atoms with Gasteiger partial charge in [-0.15, -0.1) is 0 Å². The summed E-state index contributed by atoms with van der Waals surface area (Å²) in [6.45, 7) is 27.4. The molecule has 0 aromatic rings. The predicted octanol–water partition coefficient (Wildman–Crippen LogP) is -5.30. The summed E-state index contributed by atoms with van der Waals surface area (Å²) >= 11 is 2.04. The van der Waals surface area contributed by atoms with E-state index in [1.54, 1.807) is 0 Å². The van der Waals surface area contributed by atoms with Crippen LogP contribution in [0.1, 0.15) is 54.4 Å². The Morgan fingerprint density at radius 2 is 0.881 bits per heavy atom. The Labute approximate surface area is 365 Å². The molecule has 17 heteroatoms. The molecule has 0 radical (unpaired) electrons. The number of nitrogens with one attached hydrogen (secondary N) is 7. The zero-order valence-electron chi connectivity index (χ0n) is 38.0. The number of morpholine rings is 4. The van der Waals surface area contributed by atoms with Crippen LogP contribution < -0.4 is 34.3 Å². The maximum atomic E-state index is 12.3. The van der Waals surface area contributed by atoms with E-state index in [0.29, 0.717) is 74.2 Å². The molecule has 13 nitrogen and oxygen atoms in total. The van der Waals surface area contributed by atoms with Gasteiger partial charge in [-0.1, -0.05) is 0 Å². The highest BCUT2D eigenvalue weighted by Gasteiger charge is 2.33. The third kappa shape index (κ3) is 29.7. The molecule has 0 bridgehead atoms. The lowest BCUT2D eigenvalue weighted by Gasteiger charge is -2.38. The van der Waals surface area contributed by atoms with E-state index in [4.69, 9.17) is 18.9 Å². The third-order valence-corrected chi connectivity index (χ3v) is 13.5. The van der Waals surface area contributed by atoms with Crippen molar-refractivity contribution < 1.29 is 70.4 Å². The minimum atomic E-state index is -2.68. The number of hydrogen-bond donors (Lipinski definition) is 7. The number of hydrogen-bond acceptors (Lipinski definition) is 7. The maximum absolute atomic E-state index is 12.3. The Hall–Kier alpha value is -0.280. The quantitative estimate of drug-likeness (QED) is 0.122. The molecule has 7 atom stereocenters. The van der Waals surface area contributed by atoms with Gasteiger partial charge in [-0.2, -0.15) is 61.1 Å². The van der Waals surface area contributed by atoms with Crippen LogP contribution in [0.25, 0.3) is 0 Å². The average Bonchev–Trinajstić information content (AvgIpc) is 3.14. The van der Waals surface area contributed by atoms with Gasteiger partial charge in [0, 0.05) is 11.5 Å². The lowest BCUT2D eigenvalue weighted by atomic mass is 10.1. The van der Waals surface area contributed by atoms with E-state index in [9.17, 15) is 17.2 Å². The van der Waals surface area contributed by atoms with Gasteiger partial charge >= 0.3 is 0 Å². The highest BCUT2D eigenvalue weighted by molar-refractivity contribution is 7.99. The van der Waals surface area contributed by atoms with Crippen molar-refractivity contribution in [2.75, 3.05) is 128 Å². The Bertz CT molecular complexity index is 1040. The molecule has 0 amide bonds. The van der Waals surface area contributed by atoms with Crippen LogP contribution in [0.5, 0.6) is 0 Å². The number of ether oxygens (including phenoxy) is 4. The zero-order valence-corrected chi connectivity index (χ0v) is 39.6. The molecule has 0 saturated carbocycles. The Kier molecular flexibility index (Phi) is 29.6. The number of halogens is 2. The molecule has 7 N–H and O–H groups in total. The fourth-order valence-corrected chi connectivity index (χ4v) is 9.49. The van der Waals surface area contributed by atoms with Gasteiger partial charge in [0.25, 0.3) is 5.92 Å². The van der Waals surface area contributed by atoms with Gasteiger partial charge in [0.2, 0.25) is 0 Å². The first-order chi connectivity index (χ1) is 27.6. The molecule has 5 unspecified atom stereocenters. The fourth-order valence-electron chi connectivity index (χ4n) is 7.02. The van der Waals surface area contributed by atoms with Crippen LogP contribution in [0.2, 0.25) is 0 Å². The predicted molar refractivity (Wildman–Crippen MR) is 233 cm³/mol. The second-order valence-corrected chi connectivity index (χ2v) is 21.0. The molecule has 7 aliphatic rings. The summed E-state index contributed by atoms with van der Waals surface area (Å²) in [5.41, 5.74) is 0. The summed E-state index contributed by atoms with van der Waals surface area (Å²) in [5.74, 6) is 0.830. The molecule has 7 aliphatic heterocycles. The standard InChI is InChI=1S/3C7H15NO.C6H11F2N.C5H11NO2S.C5H11NO.C5H11NS/c1-6-4-9-5-7(2)8(6)3;2*1-6-4-8(3)5-7(2)9-6;1-9-4-2-6(7,8)3-5-9;1-6-2-4-9(7,8)5-3-6;2*1-6-2-4-7-5-3-6/h3*6-8H,3-5H2,1-2H3;9H,1-5H2;6H,1-5H2;2*6H,1-5H2/t;6-,7+;;;;;. The van der Waals surface area contributed by atoms with E-state index in [1.807, 2.05) is 11.8 Å². The first kappa shape index (κ1) is 56.7. The number of rotatable bonds is 0. The number of quaternary nitrogens is 7. The molecule has 59 heavy (non-hydrogen) atoms. The summed E-state index contributed by atoms with van der Waals surface area (Å²) < 4.78 is 67.6. The van der Waals surface area contributed by atoms with Crippen LogP contribution in [0.4, 0.5) is 8.78 Å². The molecule has 7 saturated heterocycles. The normalized spacial score (nSPS) is 35.2. The van der Waals surface area contributed by atoms with E-state index in [-0.39, 0.29) is 12.8 Å². The summed E-state index contributed by atoms with van der Waals surface area (Å²) in [7, 11) is 24.3. The van der Waals surface area contributed by atoms with Crippen molar-refractivity contribution in [3.8, 4) is 0 Å². The topological polar surface area (TPSA) is 102 Å². The van der Waals surface area contributed by atoms with Gasteiger partial charge < -0.3 is 53.2 Å². The monoisotopic (exact) mass is 890 g/mol. The van der Waals surface area contributed by atoms with Crippen LogP contribution in [0, 0.1) is 49.3 Å². The summed E-state index contributed by atoms with van der Waals surface area (Å²) in [5, 5.41) is 0. The molecule has 7 rings (SSSR count). The van der Waals surface area contributed by atoms with Gasteiger partial charge in [-0.3, -0.25) is 0 Å². The lowest BCUT2D eigenvalue weighted by Crippen LogP contribution is -3.16. The Morgan fingerprint density at radius 1 is 0.525 bits per heavy atom. The van der Waals surface area contributed by atoms with Gasteiger partial charge in [0.1, 0.15) is 24.4 Å². The molecule has 7 fully saturated rings. The first-order valence-corrected chi connectivity index (χ1v) is 24.9. The van der Waals surface area contributed by atoms with Crippen molar-refractivity contribution in [3.05, 3.63) is 49.3 Å². The molecule has 7 heterocycles. The van der Waals surface area contributed by atoms with Crippen LogP contribution in [-0.4, -0.2) is 179 Å². The van der Waals surface area contributed by atoms with Crippen molar-refractivity contribution in [2.45, 2.75) is 96.8 Å². The second-order valence-electron chi connectivity index (χ2n) is 17.5. The minimum Gasteiger partial charge on any atom is -0.467 e. The molecule has 0 aromatic heterocycles. The van der Waals surface area contributed by atoms with Crippen LogP contribution in [-0.2, 0) is 28.8 Å². The summed E-state index contributed by atoms with van der Waals surface area (Å²) in [6, 6.07) is 1.13. The van der Waals surface area contributed by atoms with E-state index < -0.39 is 15.8 Å². The van der Waals surface area contributed by atoms with Crippen LogP contribution >= 0.6 is 11.8 Å². The largest absolute Gasteiger partial charge is 0.467 e. The number of piperidine rings is 1. The number of sulfone groups is 1. The van der Waals surface area contributed by atoms with E-state index >= 15 is 0 Å². The molecular weight excluding hydrogens is 801 g/mol. The summed E-state index contributed by atoms with van der Waals surface area (Å²) in [6.07, 6.45) is 1.57. The SMILES string of the molecule is [CH2-][NH+]1C(C)COCC1C.[CH2-][NH+]1CC(C)OC(C)C1.[CH2-][NH+]1CCC(F)(F)CC1.[CH2-][NH+]1CCOCC1.[CH2-][NH+]1CCS(=O)(=O)CC1.[CH2-][NH+]1CCSCC1.[CH2-][NH+]1C[C@@H](C)O[C@@H](C)C1. The second kappa shape index (κ2) is 30.7. The van der Waals surface area contributed by atoms with E-state index in [2.05, 4.69) is 90.9 Å². The molecule has 0 spiro atoms. The van der Waals surface area contributed by atoms with Crippen molar-refractivity contribution in [1.29, 1.82) is 0 Å². The highest BCUT2D eigenvalue weighted by Crippen LogP contribution is 2.22. The fraction of sp³-hybridized carbons (Fsp3) is 0.833.